The van der Waals surface area contributed by atoms with E-state index < -0.39 is 0 Å². The van der Waals surface area contributed by atoms with Crippen LogP contribution in [-0.4, -0.2) is 48.4 Å². The van der Waals surface area contributed by atoms with Gasteiger partial charge in [0.05, 0.1) is 0 Å². The zero-order valence-electron chi connectivity index (χ0n) is 15.2. The van der Waals surface area contributed by atoms with E-state index in [2.05, 4.69) is 69.4 Å². The molecule has 0 saturated carbocycles. The molecule has 1 fully saturated rings. The van der Waals surface area contributed by atoms with Crippen LogP contribution in [0.5, 0.6) is 0 Å². The molecule has 2 heterocycles. The summed E-state index contributed by atoms with van der Waals surface area (Å²) < 4.78 is 0. The Morgan fingerprint density at radius 3 is 2.54 bits per heavy atom. The molecule has 26 heavy (non-hydrogen) atoms. The van der Waals surface area contributed by atoms with E-state index in [1.165, 1.54) is 59.7 Å². The van der Waals surface area contributed by atoms with Crippen LogP contribution in [0.1, 0.15) is 12.8 Å². The van der Waals surface area contributed by atoms with Crippen molar-refractivity contribution >= 4 is 28.4 Å². The Kier molecular flexibility index (Phi) is 5.82. The van der Waals surface area contributed by atoms with Gasteiger partial charge in [-0.15, -0.1) is 11.8 Å². The normalized spacial score (nSPS) is 15.6. The summed E-state index contributed by atoms with van der Waals surface area (Å²) >= 11 is 1.98. The number of unbranched alkanes of at least 4 members (excludes halogenated alkanes) is 1. The summed E-state index contributed by atoms with van der Waals surface area (Å²) in [5.41, 5.74) is 2.61. The molecule has 0 radical (unpaired) electrons. The Morgan fingerprint density at radius 1 is 0.846 bits per heavy atom. The lowest BCUT2D eigenvalue weighted by atomic mass is 10.1. The zero-order chi connectivity index (χ0) is 17.6. The van der Waals surface area contributed by atoms with Crippen LogP contribution < -0.4 is 4.90 Å². The third kappa shape index (κ3) is 4.25. The average molecular weight is 366 g/mol. The standard InChI is InChI=1S/C22H27N3S/c1-2-7-19(8-3-1)26-18-5-4-13-24-14-16-25(17-15-24)22-10-6-9-21-20(22)11-12-23-21/h1-3,6-12,23H,4-5,13-18H2. The minimum absolute atomic E-state index is 1.13. The predicted molar refractivity (Wildman–Crippen MR) is 113 cm³/mol. The summed E-state index contributed by atoms with van der Waals surface area (Å²) in [5, 5.41) is 1.35. The van der Waals surface area contributed by atoms with Crippen molar-refractivity contribution in [3.8, 4) is 0 Å². The van der Waals surface area contributed by atoms with Crippen molar-refractivity contribution in [1.29, 1.82) is 0 Å². The maximum atomic E-state index is 3.32. The van der Waals surface area contributed by atoms with Crippen LogP contribution in [0.2, 0.25) is 0 Å². The van der Waals surface area contributed by atoms with Crippen LogP contribution in [0.3, 0.4) is 0 Å². The summed E-state index contributed by atoms with van der Waals surface area (Å²) in [7, 11) is 0. The van der Waals surface area contributed by atoms with E-state index in [4.69, 9.17) is 0 Å². The highest BCUT2D eigenvalue weighted by atomic mass is 32.2. The van der Waals surface area contributed by atoms with Crippen molar-refractivity contribution in [2.45, 2.75) is 17.7 Å². The van der Waals surface area contributed by atoms with Crippen LogP contribution in [0.4, 0.5) is 5.69 Å². The maximum absolute atomic E-state index is 3.32. The number of hydrogen-bond acceptors (Lipinski definition) is 3. The van der Waals surface area contributed by atoms with Gasteiger partial charge in [0.15, 0.2) is 0 Å². The number of nitrogens with zero attached hydrogens (tertiary/aromatic N) is 2. The average Bonchev–Trinajstić information content (AvgIpc) is 3.18. The second-order valence-electron chi connectivity index (χ2n) is 6.91. The van der Waals surface area contributed by atoms with Crippen LogP contribution in [0, 0.1) is 0 Å². The molecule has 0 spiro atoms. The van der Waals surface area contributed by atoms with Crippen LogP contribution >= 0.6 is 11.8 Å². The van der Waals surface area contributed by atoms with Gasteiger partial charge in [0.1, 0.15) is 0 Å². The molecule has 1 aliphatic rings. The van der Waals surface area contributed by atoms with Crippen molar-refractivity contribution in [1.82, 2.24) is 9.88 Å². The molecule has 0 aliphatic carbocycles. The number of H-pyrrole nitrogens is 1. The number of rotatable bonds is 7. The van der Waals surface area contributed by atoms with E-state index in [1.807, 2.05) is 18.0 Å². The van der Waals surface area contributed by atoms with Gasteiger partial charge in [0.25, 0.3) is 0 Å². The molecule has 3 nitrogen and oxygen atoms in total. The molecule has 0 amide bonds. The molecule has 1 saturated heterocycles. The predicted octanol–water partition coefficient (Wildman–Crippen LogP) is 4.86. The molecule has 1 N–H and O–H groups in total. The lowest BCUT2D eigenvalue weighted by Gasteiger charge is -2.36. The van der Waals surface area contributed by atoms with E-state index in [0.717, 1.165) is 13.1 Å². The largest absolute Gasteiger partial charge is 0.368 e. The van der Waals surface area contributed by atoms with E-state index in [9.17, 15) is 0 Å². The number of aromatic nitrogens is 1. The van der Waals surface area contributed by atoms with E-state index in [0.29, 0.717) is 0 Å². The minimum Gasteiger partial charge on any atom is -0.368 e. The number of anilines is 1. The highest BCUT2D eigenvalue weighted by molar-refractivity contribution is 7.99. The Bertz CT molecular complexity index is 806. The smallest absolute Gasteiger partial charge is 0.0474 e. The SMILES string of the molecule is c1ccc(SCCCCN2CCN(c3cccc4[nH]ccc34)CC2)cc1. The molecule has 0 bridgehead atoms. The van der Waals surface area contributed by atoms with Gasteiger partial charge in [0.2, 0.25) is 0 Å². The Hall–Kier alpha value is -1.91. The molecule has 4 heteroatoms. The van der Waals surface area contributed by atoms with Gasteiger partial charge in [-0.25, -0.2) is 0 Å². The highest BCUT2D eigenvalue weighted by Gasteiger charge is 2.18. The minimum atomic E-state index is 1.13. The van der Waals surface area contributed by atoms with Gasteiger partial charge >= 0.3 is 0 Å². The Balaban J connectivity index is 1.19. The Labute approximate surface area is 160 Å². The first kappa shape index (κ1) is 17.5. The quantitative estimate of drug-likeness (QED) is 0.477. The van der Waals surface area contributed by atoms with Crippen molar-refractivity contribution in [2.24, 2.45) is 0 Å². The third-order valence-corrected chi connectivity index (χ3v) is 6.26. The Morgan fingerprint density at radius 2 is 1.69 bits per heavy atom. The van der Waals surface area contributed by atoms with Gasteiger partial charge in [-0.1, -0.05) is 24.3 Å². The molecule has 1 aromatic heterocycles. The molecule has 1 aliphatic heterocycles. The zero-order valence-corrected chi connectivity index (χ0v) is 16.0. The summed E-state index contributed by atoms with van der Waals surface area (Å²) in [6, 6.07) is 19.5. The third-order valence-electron chi connectivity index (χ3n) is 5.17. The molecule has 0 atom stereocenters. The monoisotopic (exact) mass is 365 g/mol. The number of nitrogens with one attached hydrogen (secondary N) is 1. The van der Waals surface area contributed by atoms with Gasteiger partial charge in [0, 0.05) is 53.9 Å². The molecular formula is C22H27N3S. The lowest BCUT2D eigenvalue weighted by Crippen LogP contribution is -2.46. The van der Waals surface area contributed by atoms with Gasteiger partial charge in [-0.05, 0) is 55.5 Å². The van der Waals surface area contributed by atoms with E-state index in [-0.39, 0.29) is 0 Å². The first-order valence-corrected chi connectivity index (χ1v) is 10.6. The second-order valence-corrected chi connectivity index (χ2v) is 8.08. The second kappa shape index (κ2) is 8.65. The first-order valence-electron chi connectivity index (χ1n) is 9.61. The number of aromatic amines is 1. The van der Waals surface area contributed by atoms with Gasteiger partial charge in [-0.2, -0.15) is 0 Å². The molecular weight excluding hydrogens is 338 g/mol. The molecule has 2 aromatic carbocycles. The van der Waals surface area contributed by atoms with Crippen LogP contribution in [0.15, 0.2) is 65.7 Å². The van der Waals surface area contributed by atoms with Crippen molar-refractivity contribution in [3.05, 3.63) is 60.8 Å². The number of hydrogen-bond donors (Lipinski definition) is 1. The lowest BCUT2D eigenvalue weighted by molar-refractivity contribution is 0.254. The number of fused-ring (bicyclic) bond motifs is 1. The molecule has 136 valence electrons. The van der Waals surface area contributed by atoms with Crippen LogP contribution in [0.25, 0.3) is 10.9 Å². The van der Waals surface area contributed by atoms with Gasteiger partial charge < -0.3 is 9.88 Å². The number of piperazine rings is 1. The van der Waals surface area contributed by atoms with E-state index >= 15 is 0 Å². The number of benzene rings is 2. The topological polar surface area (TPSA) is 22.3 Å². The maximum Gasteiger partial charge on any atom is 0.0474 e. The van der Waals surface area contributed by atoms with E-state index in [1.54, 1.807) is 0 Å². The van der Waals surface area contributed by atoms with Crippen molar-refractivity contribution in [2.75, 3.05) is 43.4 Å². The fourth-order valence-corrected chi connectivity index (χ4v) is 4.63. The molecule has 4 rings (SSSR count). The fraction of sp³-hybridized carbons (Fsp3) is 0.364. The highest BCUT2D eigenvalue weighted by Crippen LogP contribution is 2.27. The fourth-order valence-electron chi connectivity index (χ4n) is 3.70. The van der Waals surface area contributed by atoms with Crippen molar-refractivity contribution in [3.63, 3.8) is 0 Å². The van der Waals surface area contributed by atoms with Crippen LogP contribution in [-0.2, 0) is 0 Å². The summed E-state index contributed by atoms with van der Waals surface area (Å²) in [4.78, 5) is 9.87. The summed E-state index contributed by atoms with van der Waals surface area (Å²) in [5.74, 6) is 1.22. The summed E-state index contributed by atoms with van der Waals surface area (Å²) in [6.45, 7) is 5.84. The first-order chi connectivity index (χ1) is 12.9. The van der Waals surface area contributed by atoms with Crippen molar-refractivity contribution < 1.29 is 0 Å². The molecule has 0 unspecified atom stereocenters. The number of thioether (sulfide) groups is 1. The molecule has 3 aromatic rings. The summed E-state index contributed by atoms with van der Waals surface area (Å²) in [6.07, 6.45) is 4.63. The van der Waals surface area contributed by atoms with Gasteiger partial charge in [-0.3, -0.25) is 4.90 Å².